The van der Waals surface area contributed by atoms with E-state index >= 15 is 0 Å². The number of carbonyl (C=O) groups excluding carboxylic acids is 1. The van der Waals surface area contributed by atoms with Gasteiger partial charge in [0.05, 0.1) is 24.5 Å². The first-order valence-electron chi connectivity index (χ1n) is 9.04. The van der Waals surface area contributed by atoms with Crippen molar-refractivity contribution in [3.8, 4) is 0 Å². The zero-order chi connectivity index (χ0) is 16.5. The van der Waals surface area contributed by atoms with Gasteiger partial charge in [0.25, 0.3) is 0 Å². The van der Waals surface area contributed by atoms with Gasteiger partial charge in [0.15, 0.2) is 0 Å². The Morgan fingerprint density at radius 1 is 1.24 bits per heavy atom. The molecule has 124 valence electrons. The van der Waals surface area contributed by atoms with Crippen LogP contribution in [-0.4, -0.2) is 36.9 Å². The average molecular weight is 317 g/mol. The van der Waals surface area contributed by atoms with E-state index in [1.807, 2.05) is 13.6 Å². The van der Waals surface area contributed by atoms with Crippen LogP contribution < -0.4 is 0 Å². The van der Waals surface area contributed by atoms with E-state index in [9.17, 15) is 4.79 Å². The summed E-state index contributed by atoms with van der Waals surface area (Å²) in [6, 6.07) is 0. The molecule has 0 aromatic rings. The zero-order valence-corrected chi connectivity index (χ0v) is 15.0. The van der Waals surface area contributed by atoms with Gasteiger partial charge in [-0.1, -0.05) is 39.5 Å². The van der Waals surface area contributed by atoms with Gasteiger partial charge in [0, 0.05) is 21.9 Å². The van der Waals surface area contributed by atoms with Crippen LogP contribution in [0.3, 0.4) is 0 Å². The number of ketones is 1. The smallest absolute Gasteiger partial charge is 0.139 e. The summed E-state index contributed by atoms with van der Waals surface area (Å²) < 4.78 is 19.4. The van der Waals surface area contributed by atoms with E-state index in [0.29, 0.717) is 24.3 Å². The molecular formula is C17H33O3P. The molecule has 0 saturated carbocycles. The highest BCUT2D eigenvalue weighted by Crippen LogP contribution is 2.41. The minimum absolute atomic E-state index is 0.0269. The Kier molecular flexibility index (Phi) is 8.21. The summed E-state index contributed by atoms with van der Waals surface area (Å²) in [7, 11) is -0.749. The van der Waals surface area contributed by atoms with Crippen molar-refractivity contribution in [2.75, 3.05) is 12.8 Å². The maximum atomic E-state index is 12.0. The van der Waals surface area contributed by atoms with Crippen molar-refractivity contribution in [3.05, 3.63) is 0 Å². The predicted molar refractivity (Wildman–Crippen MR) is 90.1 cm³/mol. The number of ether oxygens (including phenoxy) is 1. The molecular weight excluding hydrogens is 283 g/mol. The quantitative estimate of drug-likeness (QED) is 0.430. The molecule has 1 unspecified atom stereocenters. The van der Waals surface area contributed by atoms with Gasteiger partial charge < -0.3 is 9.26 Å². The normalized spacial score (nSPS) is 31.1. The SMILES string of the molecule is [2H]C[C@H]1O[C@@H](C)[C@H](C)[C@@H]1OP(C)CC(=O)CCCCCCC. The van der Waals surface area contributed by atoms with Gasteiger partial charge in [-0.3, -0.25) is 4.79 Å². The Morgan fingerprint density at radius 2 is 1.95 bits per heavy atom. The number of unbranched alkanes of at least 4 members (excludes halogenated alkanes) is 4. The average Bonchev–Trinajstić information content (AvgIpc) is 2.74. The predicted octanol–water partition coefficient (Wildman–Crippen LogP) is 4.77. The van der Waals surface area contributed by atoms with Crippen LogP contribution in [0.15, 0.2) is 0 Å². The van der Waals surface area contributed by atoms with E-state index in [0.717, 1.165) is 12.8 Å². The molecule has 0 aromatic carbocycles. The first-order chi connectivity index (χ1) is 10.5. The van der Waals surface area contributed by atoms with Crippen molar-refractivity contribution in [2.24, 2.45) is 5.92 Å². The molecule has 0 aromatic heterocycles. The summed E-state index contributed by atoms with van der Waals surface area (Å²) in [5.74, 6) is 0.622. The van der Waals surface area contributed by atoms with Crippen LogP contribution in [0.5, 0.6) is 0 Å². The van der Waals surface area contributed by atoms with Gasteiger partial charge in [-0.05, 0) is 26.9 Å². The Labute approximate surface area is 133 Å². The molecule has 1 aliphatic heterocycles. The van der Waals surface area contributed by atoms with Gasteiger partial charge in [0.1, 0.15) is 5.78 Å². The van der Waals surface area contributed by atoms with Crippen LogP contribution in [0, 0.1) is 5.92 Å². The third-order valence-corrected chi connectivity index (χ3v) is 5.68. The molecule has 5 atom stereocenters. The number of hydrogen-bond donors (Lipinski definition) is 0. The Morgan fingerprint density at radius 3 is 2.62 bits per heavy atom. The highest BCUT2D eigenvalue weighted by atomic mass is 31.1. The maximum Gasteiger partial charge on any atom is 0.139 e. The molecule has 0 radical (unpaired) electrons. The van der Waals surface area contributed by atoms with Crippen molar-refractivity contribution in [3.63, 3.8) is 0 Å². The molecule has 1 aliphatic rings. The van der Waals surface area contributed by atoms with Gasteiger partial charge in [-0.15, -0.1) is 0 Å². The third-order valence-electron chi connectivity index (χ3n) is 4.27. The Hall–Kier alpha value is 0.0200. The summed E-state index contributed by atoms with van der Waals surface area (Å²) in [6.45, 7) is 8.61. The highest BCUT2D eigenvalue weighted by Gasteiger charge is 2.38. The van der Waals surface area contributed by atoms with E-state index in [4.69, 9.17) is 10.6 Å². The minimum Gasteiger partial charge on any atom is -0.372 e. The number of rotatable bonds is 10. The second-order valence-corrected chi connectivity index (χ2v) is 8.08. The molecule has 3 nitrogen and oxygen atoms in total. The molecule has 0 amide bonds. The lowest BCUT2D eigenvalue weighted by Gasteiger charge is -2.23. The fraction of sp³-hybridized carbons (Fsp3) is 0.941. The number of carbonyl (C=O) groups is 1. The van der Waals surface area contributed by atoms with Crippen molar-refractivity contribution in [1.29, 1.82) is 0 Å². The second kappa shape index (κ2) is 9.92. The van der Waals surface area contributed by atoms with E-state index in [2.05, 4.69) is 13.8 Å². The minimum atomic E-state index is -0.749. The van der Waals surface area contributed by atoms with E-state index < -0.39 is 8.15 Å². The molecule has 0 N–H and O–H groups in total. The van der Waals surface area contributed by atoms with Crippen molar-refractivity contribution in [1.82, 2.24) is 0 Å². The monoisotopic (exact) mass is 317 g/mol. The number of hydrogen-bond acceptors (Lipinski definition) is 3. The molecule has 0 bridgehead atoms. The van der Waals surface area contributed by atoms with Crippen molar-refractivity contribution < 1.29 is 15.4 Å². The highest BCUT2D eigenvalue weighted by molar-refractivity contribution is 7.52. The van der Waals surface area contributed by atoms with Crippen molar-refractivity contribution in [2.45, 2.75) is 84.5 Å². The van der Waals surface area contributed by atoms with Crippen LogP contribution in [0.25, 0.3) is 0 Å². The van der Waals surface area contributed by atoms with Crippen LogP contribution in [0.2, 0.25) is 0 Å². The summed E-state index contributed by atoms with van der Waals surface area (Å²) in [5, 5.41) is 0. The largest absolute Gasteiger partial charge is 0.372 e. The van der Waals surface area contributed by atoms with Crippen LogP contribution in [-0.2, 0) is 14.1 Å². The molecule has 21 heavy (non-hydrogen) atoms. The lowest BCUT2D eigenvalue weighted by atomic mass is 10.0. The first-order valence-corrected chi connectivity index (χ1v) is 10.2. The molecule has 4 heteroatoms. The zero-order valence-electron chi connectivity index (χ0n) is 15.1. The fourth-order valence-electron chi connectivity index (χ4n) is 2.74. The van der Waals surface area contributed by atoms with Gasteiger partial charge >= 0.3 is 0 Å². The van der Waals surface area contributed by atoms with Gasteiger partial charge in [0.2, 0.25) is 0 Å². The maximum absolute atomic E-state index is 12.0. The van der Waals surface area contributed by atoms with Crippen LogP contribution >= 0.6 is 8.15 Å². The Balaban J connectivity index is 2.26. The third kappa shape index (κ3) is 6.76. The summed E-state index contributed by atoms with van der Waals surface area (Å²) >= 11 is 0. The van der Waals surface area contributed by atoms with E-state index in [1.54, 1.807) is 0 Å². The molecule has 1 rings (SSSR count). The summed E-state index contributed by atoms with van der Waals surface area (Å²) in [5.41, 5.74) is 0. The topological polar surface area (TPSA) is 35.5 Å². The number of Topliss-reactive ketones (excluding diaryl/α,β-unsaturated/α-hetero) is 1. The van der Waals surface area contributed by atoms with Crippen molar-refractivity contribution >= 4 is 13.9 Å². The summed E-state index contributed by atoms with van der Waals surface area (Å²) in [4.78, 5) is 12.0. The van der Waals surface area contributed by atoms with E-state index in [1.165, 1.54) is 19.3 Å². The van der Waals surface area contributed by atoms with Gasteiger partial charge in [-0.25, -0.2) is 0 Å². The Bertz CT molecular complexity index is 327. The van der Waals surface area contributed by atoms with Gasteiger partial charge in [-0.2, -0.15) is 0 Å². The second-order valence-electron chi connectivity index (χ2n) is 6.30. The molecule has 1 saturated heterocycles. The standard InChI is InChI=1S/C17H33O3P/c1-6-7-8-9-10-11-16(18)12-21(5)20-17-13(2)14(3)19-15(17)4/h13-15,17H,6-12H2,1-5H3/t13-,14-,15+,17-,21?/m0/s1/i4D. The van der Waals surface area contributed by atoms with E-state index in [-0.39, 0.29) is 25.2 Å². The summed E-state index contributed by atoms with van der Waals surface area (Å²) in [6.07, 6.45) is 7.12. The molecule has 0 spiro atoms. The van der Waals surface area contributed by atoms with Crippen LogP contribution in [0.1, 0.15) is 67.6 Å². The lowest BCUT2D eigenvalue weighted by molar-refractivity contribution is -0.116. The van der Waals surface area contributed by atoms with Crippen LogP contribution in [0.4, 0.5) is 0 Å². The molecule has 1 fully saturated rings. The molecule has 0 aliphatic carbocycles. The lowest BCUT2D eigenvalue weighted by Crippen LogP contribution is -2.26. The molecule has 1 heterocycles. The fourth-order valence-corrected chi connectivity index (χ4v) is 4.22. The first kappa shape index (κ1) is 17.4.